The topological polar surface area (TPSA) is 73.2 Å². The monoisotopic (exact) mass is 361 g/mol. The molecule has 0 fully saturated rings. The molecule has 2 heterocycles. The number of fused-ring (bicyclic) bond motifs is 3. The molecule has 124 valence electrons. The third-order valence-electron chi connectivity index (χ3n) is 4.32. The third kappa shape index (κ3) is 2.19. The number of aromatic nitrogens is 1. The second kappa shape index (κ2) is 4.94. The van der Waals surface area contributed by atoms with Crippen LogP contribution < -0.4 is 0 Å². The fraction of sp³-hybridized carbons (Fsp3) is 0.176. The maximum atomic E-state index is 13.2. The van der Waals surface area contributed by atoms with Gasteiger partial charge in [0.1, 0.15) is 0 Å². The summed E-state index contributed by atoms with van der Waals surface area (Å²) in [6, 6.07) is 13.6. The Morgan fingerprint density at radius 2 is 1.62 bits per heavy atom. The predicted octanol–water partition coefficient (Wildman–Crippen LogP) is 2.62. The van der Waals surface area contributed by atoms with Gasteiger partial charge in [0, 0.05) is 5.39 Å². The summed E-state index contributed by atoms with van der Waals surface area (Å²) in [5.74, 6) is -0.360. The minimum absolute atomic E-state index is 0.112. The van der Waals surface area contributed by atoms with Crippen molar-refractivity contribution in [3.8, 4) is 0 Å². The molecule has 0 bridgehead atoms. The Balaban J connectivity index is 2.06. The van der Waals surface area contributed by atoms with Crippen molar-refractivity contribution in [2.45, 2.75) is 23.3 Å². The predicted molar refractivity (Wildman–Crippen MR) is 92.0 cm³/mol. The number of sulfone groups is 1. The molecular formula is C17H15NO4S2. The van der Waals surface area contributed by atoms with Gasteiger partial charge in [-0.2, -0.15) is 0 Å². The minimum atomic E-state index is -3.86. The number of para-hydroxylation sites is 1. The lowest BCUT2D eigenvalue weighted by Gasteiger charge is -2.11. The highest BCUT2D eigenvalue weighted by Gasteiger charge is 2.35. The Morgan fingerprint density at radius 3 is 2.33 bits per heavy atom. The number of aryl methyl sites for hydroxylation is 1. The molecule has 0 saturated carbocycles. The van der Waals surface area contributed by atoms with E-state index in [2.05, 4.69) is 0 Å². The zero-order valence-corrected chi connectivity index (χ0v) is 14.6. The molecule has 5 nitrogen and oxygen atoms in total. The molecule has 0 atom stereocenters. The van der Waals surface area contributed by atoms with Crippen LogP contribution in [-0.2, 0) is 31.4 Å². The molecule has 0 radical (unpaired) electrons. The summed E-state index contributed by atoms with van der Waals surface area (Å²) in [4.78, 5) is 0.154. The van der Waals surface area contributed by atoms with Crippen LogP contribution in [0.25, 0.3) is 10.9 Å². The number of benzene rings is 2. The van der Waals surface area contributed by atoms with Gasteiger partial charge in [-0.1, -0.05) is 35.9 Å². The highest BCUT2D eigenvalue weighted by molar-refractivity contribution is 7.91. The van der Waals surface area contributed by atoms with Crippen LogP contribution in [0.2, 0.25) is 0 Å². The number of hydrogen-bond donors (Lipinski definition) is 0. The van der Waals surface area contributed by atoms with Crippen molar-refractivity contribution < 1.29 is 16.8 Å². The maximum Gasteiger partial charge on any atom is 0.268 e. The molecule has 1 aromatic heterocycles. The molecule has 0 spiro atoms. The lowest BCUT2D eigenvalue weighted by Crippen LogP contribution is -2.16. The van der Waals surface area contributed by atoms with Gasteiger partial charge in [-0.15, -0.1) is 0 Å². The first-order valence-electron chi connectivity index (χ1n) is 7.43. The van der Waals surface area contributed by atoms with Crippen molar-refractivity contribution >= 4 is 30.8 Å². The quantitative estimate of drug-likeness (QED) is 0.703. The summed E-state index contributed by atoms with van der Waals surface area (Å²) < 4.78 is 51.6. The molecule has 1 aliphatic heterocycles. The summed E-state index contributed by atoms with van der Waals surface area (Å²) in [6.07, 6.45) is 0. The van der Waals surface area contributed by atoms with E-state index in [1.165, 1.54) is 3.97 Å². The average Bonchev–Trinajstić information content (AvgIpc) is 2.98. The van der Waals surface area contributed by atoms with E-state index >= 15 is 0 Å². The van der Waals surface area contributed by atoms with Crippen LogP contribution in [0.5, 0.6) is 0 Å². The Kier molecular flexibility index (Phi) is 3.17. The number of nitrogens with zero attached hydrogens (tertiary/aromatic N) is 1. The van der Waals surface area contributed by atoms with Gasteiger partial charge < -0.3 is 0 Å². The second-order valence-corrected chi connectivity index (χ2v) is 9.91. The number of rotatable bonds is 2. The molecule has 0 saturated heterocycles. The van der Waals surface area contributed by atoms with E-state index in [-0.39, 0.29) is 16.4 Å². The normalized spacial score (nSPS) is 16.4. The summed E-state index contributed by atoms with van der Waals surface area (Å²) in [6.45, 7) is 1.88. The summed E-state index contributed by atoms with van der Waals surface area (Å²) in [5.41, 5.74) is 2.44. The van der Waals surface area contributed by atoms with E-state index in [1.807, 2.05) is 6.92 Å². The van der Waals surface area contributed by atoms with Gasteiger partial charge in [-0.3, -0.25) is 0 Å². The molecular weight excluding hydrogens is 346 g/mol. The second-order valence-electron chi connectivity index (χ2n) is 6.06. The van der Waals surface area contributed by atoms with Crippen LogP contribution in [0.1, 0.15) is 16.8 Å². The Hall–Kier alpha value is -2.12. The highest BCUT2D eigenvalue weighted by Crippen LogP contribution is 2.37. The third-order valence-corrected chi connectivity index (χ3v) is 7.53. The fourth-order valence-corrected chi connectivity index (χ4v) is 6.45. The molecule has 24 heavy (non-hydrogen) atoms. The van der Waals surface area contributed by atoms with Crippen molar-refractivity contribution in [2.75, 3.05) is 0 Å². The first-order chi connectivity index (χ1) is 11.3. The first-order valence-corrected chi connectivity index (χ1v) is 10.7. The van der Waals surface area contributed by atoms with Crippen molar-refractivity contribution in [2.24, 2.45) is 0 Å². The van der Waals surface area contributed by atoms with Crippen LogP contribution in [0.15, 0.2) is 53.4 Å². The zero-order valence-electron chi connectivity index (χ0n) is 12.9. The highest BCUT2D eigenvalue weighted by atomic mass is 32.2. The largest absolute Gasteiger partial charge is 0.268 e. The maximum absolute atomic E-state index is 13.2. The molecule has 3 aromatic rings. The van der Waals surface area contributed by atoms with E-state index in [4.69, 9.17) is 0 Å². The van der Waals surface area contributed by atoms with Crippen molar-refractivity contribution in [3.05, 3.63) is 65.4 Å². The summed E-state index contributed by atoms with van der Waals surface area (Å²) >= 11 is 0. The molecule has 0 N–H and O–H groups in total. The number of hydrogen-bond acceptors (Lipinski definition) is 4. The van der Waals surface area contributed by atoms with Crippen LogP contribution >= 0.6 is 0 Å². The van der Waals surface area contributed by atoms with Crippen molar-refractivity contribution in [3.63, 3.8) is 0 Å². The molecule has 0 aliphatic carbocycles. The summed E-state index contributed by atoms with van der Waals surface area (Å²) in [5, 5.41) is 0.685. The van der Waals surface area contributed by atoms with E-state index in [1.54, 1.807) is 48.5 Å². The Bertz CT molecular complexity index is 1170. The van der Waals surface area contributed by atoms with E-state index in [0.717, 1.165) is 5.56 Å². The van der Waals surface area contributed by atoms with Gasteiger partial charge in [0.25, 0.3) is 10.0 Å². The van der Waals surface area contributed by atoms with Crippen LogP contribution in [0, 0.1) is 6.92 Å². The molecule has 1 aliphatic rings. The molecule has 7 heteroatoms. The molecule has 4 rings (SSSR count). The van der Waals surface area contributed by atoms with Crippen LogP contribution in [-0.4, -0.2) is 20.8 Å². The van der Waals surface area contributed by atoms with Gasteiger partial charge in [0.15, 0.2) is 9.84 Å². The van der Waals surface area contributed by atoms with Crippen LogP contribution in [0.4, 0.5) is 0 Å². The fourth-order valence-electron chi connectivity index (χ4n) is 3.21. The van der Waals surface area contributed by atoms with Gasteiger partial charge in [-0.05, 0) is 30.7 Å². The Morgan fingerprint density at radius 1 is 0.958 bits per heavy atom. The molecule has 2 aromatic carbocycles. The van der Waals surface area contributed by atoms with E-state index < -0.39 is 19.9 Å². The van der Waals surface area contributed by atoms with Crippen LogP contribution in [0.3, 0.4) is 0 Å². The van der Waals surface area contributed by atoms with E-state index in [9.17, 15) is 16.8 Å². The van der Waals surface area contributed by atoms with E-state index in [0.29, 0.717) is 22.2 Å². The standard InChI is InChI=1S/C17H15NO4S2/c1-12-6-8-13(9-7-12)24(21,22)18-16-5-3-2-4-14(16)15-10-23(19,20)11-17(15)18/h2-9H,10-11H2,1H3. The average molecular weight is 361 g/mol. The smallest absolute Gasteiger partial charge is 0.237 e. The summed E-state index contributed by atoms with van der Waals surface area (Å²) in [7, 11) is -7.17. The Labute approximate surface area is 140 Å². The minimum Gasteiger partial charge on any atom is -0.237 e. The zero-order chi connectivity index (χ0) is 17.1. The molecule has 0 amide bonds. The van der Waals surface area contributed by atoms with Gasteiger partial charge >= 0.3 is 0 Å². The van der Waals surface area contributed by atoms with Crippen molar-refractivity contribution in [1.82, 2.24) is 3.97 Å². The van der Waals surface area contributed by atoms with Gasteiger partial charge in [0.05, 0.1) is 27.6 Å². The SMILES string of the molecule is Cc1ccc(S(=O)(=O)n2c3c(c4ccccc42)CS(=O)(=O)C3)cc1. The van der Waals surface area contributed by atoms with Gasteiger partial charge in [0.2, 0.25) is 0 Å². The molecule has 0 unspecified atom stereocenters. The lowest BCUT2D eigenvalue weighted by atomic mass is 10.2. The van der Waals surface area contributed by atoms with Gasteiger partial charge in [-0.25, -0.2) is 20.8 Å². The lowest BCUT2D eigenvalue weighted by molar-refractivity contribution is 0.587. The van der Waals surface area contributed by atoms with Crippen molar-refractivity contribution in [1.29, 1.82) is 0 Å². The first kappa shape index (κ1) is 15.4.